The van der Waals surface area contributed by atoms with Crippen molar-refractivity contribution in [3.8, 4) is 0 Å². The van der Waals surface area contributed by atoms with Gasteiger partial charge in [0.15, 0.2) is 0 Å². The van der Waals surface area contributed by atoms with Gasteiger partial charge in [-0.05, 0) is 37.5 Å². The molecule has 0 amide bonds. The van der Waals surface area contributed by atoms with Gasteiger partial charge in [-0.1, -0.05) is 6.07 Å². The van der Waals surface area contributed by atoms with Crippen molar-refractivity contribution in [2.75, 3.05) is 30.3 Å². The predicted molar refractivity (Wildman–Crippen MR) is 81.1 cm³/mol. The van der Waals surface area contributed by atoms with Gasteiger partial charge in [0.1, 0.15) is 0 Å². The van der Waals surface area contributed by atoms with E-state index in [-0.39, 0.29) is 0 Å². The summed E-state index contributed by atoms with van der Waals surface area (Å²) in [6.45, 7) is 6.70. The molecule has 0 spiro atoms. The molecule has 4 nitrogen and oxygen atoms in total. The van der Waals surface area contributed by atoms with Gasteiger partial charge in [-0.3, -0.25) is 0 Å². The minimum Gasteiger partial charge on any atom is -0.398 e. The molecule has 1 aliphatic heterocycles. The molecule has 0 aromatic heterocycles. The number of rotatable bonds is 2. The highest BCUT2D eigenvalue weighted by molar-refractivity contribution is 7.99. The molecule has 1 aromatic rings. The Bertz CT molecular complexity index is 591. The van der Waals surface area contributed by atoms with Crippen LogP contribution in [-0.4, -0.2) is 37.3 Å². The average Bonchev–Trinajstić information content (AvgIpc) is 2.37. The first kappa shape index (κ1) is 14.7. The number of thioether (sulfide) groups is 1. The van der Waals surface area contributed by atoms with Crippen LogP contribution < -0.4 is 5.73 Å². The molecular formula is C13H20N2O2S2. The standard InChI is InChI=1S/C13H20N2O2S2/c1-9-8-10(2)13(11(3)12(9)14)19(16,17)15-4-6-18-7-5-15/h8H,4-7,14H2,1-3H3. The Hall–Kier alpha value is -0.720. The summed E-state index contributed by atoms with van der Waals surface area (Å²) in [6.07, 6.45) is 0. The fraction of sp³-hybridized carbons (Fsp3) is 0.538. The number of nitrogens with two attached hydrogens (primary N) is 1. The van der Waals surface area contributed by atoms with Crippen LogP contribution >= 0.6 is 11.8 Å². The normalized spacial score (nSPS) is 17.6. The van der Waals surface area contributed by atoms with Gasteiger partial charge in [-0.15, -0.1) is 0 Å². The summed E-state index contributed by atoms with van der Waals surface area (Å²) >= 11 is 1.79. The molecule has 1 heterocycles. The zero-order valence-corrected chi connectivity index (χ0v) is 13.2. The maximum Gasteiger partial charge on any atom is 0.243 e. The van der Waals surface area contributed by atoms with Gasteiger partial charge in [0, 0.05) is 30.3 Å². The molecule has 1 aliphatic rings. The molecule has 0 radical (unpaired) electrons. The summed E-state index contributed by atoms with van der Waals surface area (Å²) < 4.78 is 27.1. The zero-order valence-electron chi connectivity index (χ0n) is 11.6. The lowest BCUT2D eigenvalue weighted by atomic mass is 10.1. The molecule has 0 bridgehead atoms. The number of aryl methyl sites for hydroxylation is 2. The smallest absolute Gasteiger partial charge is 0.243 e. The summed E-state index contributed by atoms with van der Waals surface area (Å²) in [5, 5.41) is 0. The van der Waals surface area contributed by atoms with E-state index in [1.807, 2.05) is 19.9 Å². The molecule has 0 saturated carbocycles. The Morgan fingerprint density at radius 3 is 2.32 bits per heavy atom. The van der Waals surface area contributed by atoms with Crippen molar-refractivity contribution < 1.29 is 8.42 Å². The highest BCUT2D eigenvalue weighted by Gasteiger charge is 2.29. The van der Waals surface area contributed by atoms with Crippen molar-refractivity contribution in [1.29, 1.82) is 0 Å². The van der Waals surface area contributed by atoms with Gasteiger partial charge in [-0.25, -0.2) is 8.42 Å². The van der Waals surface area contributed by atoms with Crippen molar-refractivity contribution in [2.24, 2.45) is 0 Å². The molecule has 6 heteroatoms. The largest absolute Gasteiger partial charge is 0.398 e. The zero-order chi connectivity index (χ0) is 14.2. The second-order valence-electron chi connectivity index (χ2n) is 4.89. The van der Waals surface area contributed by atoms with E-state index in [4.69, 9.17) is 5.73 Å². The van der Waals surface area contributed by atoms with E-state index in [1.54, 1.807) is 23.0 Å². The van der Waals surface area contributed by atoms with Crippen LogP contribution in [0.4, 0.5) is 5.69 Å². The first-order chi connectivity index (χ1) is 8.85. The van der Waals surface area contributed by atoms with Crippen LogP contribution in [0.15, 0.2) is 11.0 Å². The predicted octanol–water partition coefficient (Wildman–Crippen LogP) is 1.93. The van der Waals surface area contributed by atoms with Crippen molar-refractivity contribution in [2.45, 2.75) is 25.7 Å². The Morgan fingerprint density at radius 2 is 1.74 bits per heavy atom. The van der Waals surface area contributed by atoms with E-state index in [2.05, 4.69) is 0 Å². The summed E-state index contributed by atoms with van der Waals surface area (Å²) in [5.41, 5.74) is 8.96. The van der Waals surface area contributed by atoms with Crippen molar-refractivity contribution in [3.05, 3.63) is 22.8 Å². The van der Waals surface area contributed by atoms with Crippen LogP contribution in [0.5, 0.6) is 0 Å². The summed E-state index contributed by atoms with van der Waals surface area (Å²) in [4.78, 5) is 0.391. The first-order valence-electron chi connectivity index (χ1n) is 6.30. The summed E-state index contributed by atoms with van der Waals surface area (Å²) in [7, 11) is -3.42. The van der Waals surface area contributed by atoms with E-state index < -0.39 is 10.0 Å². The van der Waals surface area contributed by atoms with E-state index in [0.29, 0.717) is 29.2 Å². The average molecular weight is 300 g/mol. The Labute approximate surface area is 119 Å². The maximum atomic E-state index is 12.8. The molecule has 106 valence electrons. The minimum absolute atomic E-state index is 0.391. The van der Waals surface area contributed by atoms with Gasteiger partial charge < -0.3 is 5.73 Å². The second kappa shape index (κ2) is 5.34. The van der Waals surface area contributed by atoms with Gasteiger partial charge in [0.05, 0.1) is 4.90 Å². The Kier molecular flexibility index (Phi) is 4.13. The number of nitrogen functional groups attached to an aromatic ring is 1. The van der Waals surface area contributed by atoms with Gasteiger partial charge in [-0.2, -0.15) is 16.1 Å². The third-order valence-electron chi connectivity index (χ3n) is 3.53. The van der Waals surface area contributed by atoms with E-state index >= 15 is 0 Å². The lowest BCUT2D eigenvalue weighted by Gasteiger charge is -2.27. The third kappa shape index (κ3) is 2.61. The number of hydrogen-bond acceptors (Lipinski definition) is 4. The number of hydrogen-bond donors (Lipinski definition) is 1. The van der Waals surface area contributed by atoms with Gasteiger partial charge in [0.2, 0.25) is 10.0 Å². The van der Waals surface area contributed by atoms with Gasteiger partial charge >= 0.3 is 0 Å². The van der Waals surface area contributed by atoms with Gasteiger partial charge in [0.25, 0.3) is 0 Å². The SMILES string of the molecule is Cc1cc(C)c(S(=O)(=O)N2CCSCC2)c(C)c1N. The fourth-order valence-electron chi connectivity index (χ4n) is 2.49. The molecule has 0 aliphatic carbocycles. The topological polar surface area (TPSA) is 63.4 Å². The third-order valence-corrected chi connectivity index (χ3v) is 6.66. The van der Waals surface area contributed by atoms with Crippen molar-refractivity contribution >= 4 is 27.5 Å². The van der Waals surface area contributed by atoms with Crippen LogP contribution in [0.1, 0.15) is 16.7 Å². The van der Waals surface area contributed by atoms with Crippen LogP contribution in [0, 0.1) is 20.8 Å². The molecule has 0 atom stereocenters. The van der Waals surface area contributed by atoms with Crippen LogP contribution in [-0.2, 0) is 10.0 Å². The highest BCUT2D eigenvalue weighted by atomic mass is 32.2. The van der Waals surface area contributed by atoms with Crippen molar-refractivity contribution in [3.63, 3.8) is 0 Å². The molecular weight excluding hydrogens is 280 g/mol. The lowest BCUT2D eigenvalue weighted by molar-refractivity contribution is 0.443. The highest BCUT2D eigenvalue weighted by Crippen LogP contribution is 2.31. The molecule has 1 saturated heterocycles. The van der Waals surface area contributed by atoms with Crippen molar-refractivity contribution in [1.82, 2.24) is 4.31 Å². The summed E-state index contributed by atoms with van der Waals surface area (Å²) in [6, 6.07) is 1.86. The van der Waals surface area contributed by atoms with E-state index in [9.17, 15) is 8.42 Å². The number of nitrogens with zero attached hydrogens (tertiary/aromatic N) is 1. The molecule has 2 rings (SSSR count). The molecule has 1 aromatic carbocycles. The monoisotopic (exact) mass is 300 g/mol. The first-order valence-corrected chi connectivity index (χ1v) is 8.89. The van der Waals surface area contributed by atoms with Crippen LogP contribution in [0.2, 0.25) is 0 Å². The second-order valence-corrected chi connectivity index (χ2v) is 7.99. The summed E-state index contributed by atoms with van der Waals surface area (Å²) in [5.74, 6) is 1.72. The molecule has 0 unspecified atom stereocenters. The molecule has 19 heavy (non-hydrogen) atoms. The van der Waals surface area contributed by atoms with E-state index in [1.165, 1.54) is 0 Å². The van der Waals surface area contributed by atoms with E-state index in [0.717, 1.165) is 22.6 Å². The Balaban J connectivity index is 2.54. The number of sulfonamides is 1. The molecule has 2 N–H and O–H groups in total. The molecule has 1 fully saturated rings. The van der Waals surface area contributed by atoms with Crippen LogP contribution in [0.3, 0.4) is 0 Å². The quantitative estimate of drug-likeness (QED) is 0.848. The number of anilines is 1. The Morgan fingerprint density at radius 1 is 1.16 bits per heavy atom. The fourth-order valence-corrected chi connectivity index (χ4v) is 5.51. The minimum atomic E-state index is -3.42. The number of benzene rings is 1. The maximum absolute atomic E-state index is 12.8. The van der Waals surface area contributed by atoms with Crippen LogP contribution in [0.25, 0.3) is 0 Å². The lowest BCUT2D eigenvalue weighted by Crippen LogP contribution is -2.38.